The molecule has 0 aliphatic carbocycles. The third kappa shape index (κ3) is 3.21. The SMILES string of the molecule is CC(Cc1cccs1)NC(=O)c1ccc(CN)o1. The largest absolute Gasteiger partial charge is 0.455 e. The minimum Gasteiger partial charge on any atom is -0.455 e. The molecule has 0 radical (unpaired) electrons. The average molecular weight is 264 g/mol. The van der Waals surface area contributed by atoms with Gasteiger partial charge in [-0.3, -0.25) is 4.79 Å². The Balaban J connectivity index is 1.90. The Morgan fingerprint density at radius 2 is 2.33 bits per heavy atom. The summed E-state index contributed by atoms with van der Waals surface area (Å²) in [5.41, 5.74) is 5.43. The molecule has 5 heteroatoms. The van der Waals surface area contributed by atoms with E-state index in [0.717, 1.165) is 6.42 Å². The zero-order chi connectivity index (χ0) is 13.0. The molecule has 18 heavy (non-hydrogen) atoms. The first kappa shape index (κ1) is 12.9. The van der Waals surface area contributed by atoms with Crippen LogP contribution in [0.25, 0.3) is 0 Å². The van der Waals surface area contributed by atoms with Crippen LogP contribution in [0.5, 0.6) is 0 Å². The summed E-state index contributed by atoms with van der Waals surface area (Å²) >= 11 is 1.69. The summed E-state index contributed by atoms with van der Waals surface area (Å²) in [4.78, 5) is 13.1. The molecule has 3 N–H and O–H groups in total. The predicted octanol–water partition coefficient (Wildman–Crippen LogP) is 2.16. The van der Waals surface area contributed by atoms with Crippen LogP contribution in [0.15, 0.2) is 34.1 Å². The Kier molecular flexibility index (Phi) is 4.17. The minimum atomic E-state index is -0.196. The van der Waals surface area contributed by atoms with E-state index in [4.69, 9.17) is 10.2 Å². The Hall–Kier alpha value is -1.59. The smallest absolute Gasteiger partial charge is 0.287 e. The lowest BCUT2D eigenvalue weighted by atomic mass is 10.2. The summed E-state index contributed by atoms with van der Waals surface area (Å²) in [6.07, 6.45) is 0.827. The lowest BCUT2D eigenvalue weighted by molar-refractivity contribution is 0.0910. The molecule has 2 aromatic rings. The Labute approximate surface area is 110 Å². The summed E-state index contributed by atoms with van der Waals surface area (Å²) in [5, 5.41) is 4.94. The van der Waals surface area contributed by atoms with Gasteiger partial charge in [-0.25, -0.2) is 0 Å². The Morgan fingerprint density at radius 3 is 2.94 bits per heavy atom. The quantitative estimate of drug-likeness (QED) is 0.869. The van der Waals surface area contributed by atoms with Gasteiger partial charge in [-0.2, -0.15) is 0 Å². The first-order chi connectivity index (χ1) is 8.69. The normalized spacial score (nSPS) is 12.3. The van der Waals surface area contributed by atoms with Crippen molar-refractivity contribution in [3.63, 3.8) is 0 Å². The highest BCUT2D eigenvalue weighted by molar-refractivity contribution is 7.09. The topological polar surface area (TPSA) is 68.3 Å². The van der Waals surface area contributed by atoms with Crippen LogP contribution < -0.4 is 11.1 Å². The number of hydrogen-bond donors (Lipinski definition) is 2. The molecule has 0 aromatic carbocycles. The van der Waals surface area contributed by atoms with Crippen molar-refractivity contribution in [1.29, 1.82) is 0 Å². The lowest BCUT2D eigenvalue weighted by Crippen LogP contribution is -2.33. The number of thiophene rings is 1. The van der Waals surface area contributed by atoms with E-state index < -0.39 is 0 Å². The maximum atomic E-state index is 11.9. The number of furan rings is 1. The highest BCUT2D eigenvalue weighted by Crippen LogP contribution is 2.12. The van der Waals surface area contributed by atoms with Gasteiger partial charge in [0, 0.05) is 17.3 Å². The number of nitrogens with one attached hydrogen (secondary N) is 1. The van der Waals surface area contributed by atoms with Gasteiger partial charge in [0.1, 0.15) is 5.76 Å². The minimum absolute atomic E-state index is 0.0718. The van der Waals surface area contributed by atoms with E-state index in [1.165, 1.54) is 4.88 Å². The van der Waals surface area contributed by atoms with Crippen LogP contribution in [-0.4, -0.2) is 11.9 Å². The summed E-state index contributed by atoms with van der Waals surface area (Å²) in [6, 6.07) is 7.51. The van der Waals surface area contributed by atoms with Gasteiger partial charge < -0.3 is 15.5 Å². The van der Waals surface area contributed by atoms with Crippen LogP contribution in [0.2, 0.25) is 0 Å². The summed E-state index contributed by atoms with van der Waals surface area (Å²) < 4.78 is 5.30. The van der Waals surface area contributed by atoms with E-state index in [2.05, 4.69) is 11.4 Å². The fourth-order valence-corrected chi connectivity index (χ4v) is 2.52. The lowest BCUT2D eigenvalue weighted by Gasteiger charge is -2.11. The van der Waals surface area contributed by atoms with E-state index >= 15 is 0 Å². The average Bonchev–Trinajstić information content (AvgIpc) is 2.98. The van der Waals surface area contributed by atoms with Crippen LogP contribution >= 0.6 is 11.3 Å². The van der Waals surface area contributed by atoms with Crippen molar-refractivity contribution < 1.29 is 9.21 Å². The second kappa shape index (κ2) is 5.84. The maximum absolute atomic E-state index is 11.9. The van der Waals surface area contributed by atoms with Gasteiger partial charge in [-0.05, 0) is 30.5 Å². The van der Waals surface area contributed by atoms with Gasteiger partial charge in [0.25, 0.3) is 5.91 Å². The third-order valence-corrected chi connectivity index (χ3v) is 3.45. The Bertz CT molecular complexity index is 505. The zero-order valence-corrected chi connectivity index (χ0v) is 11.0. The van der Waals surface area contributed by atoms with E-state index in [1.807, 2.05) is 18.4 Å². The molecule has 0 saturated carbocycles. The standard InChI is InChI=1S/C13H16N2O2S/c1-9(7-11-3-2-6-18-11)15-13(16)12-5-4-10(8-14)17-12/h2-6,9H,7-8,14H2,1H3,(H,15,16). The summed E-state index contributed by atoms with van der Waals surface area (Å²) in [5.74, 6) is 0.735. The molecular weight excluding hydrogens is 248 g/mol. The van der Waals surface area contributed by atoms with Crippen molar-refractivity contribution in [2.45, 2.75) is 25.9 Å². The molecule has 0 aliphatic rings. The molecule has 1 atom stereocenters. The molecule has 0 spiro atoms. The first-order valence-electron chi connectivity index (χ1n) is 5.81. The van der Waals surface area contributed by atoms with Gasteiger partial charge in [-0.15, -0.1) is 11.3 Å². The van der Waals surface area contributed by atoms with Crippen molar-refractivity contribution in [2.24, 2.45) is 5.73 Å². The predicted molar refractivity (Wildman–Crippen MR) is 71.6 cm³/mol. The summed E-state index contributed by atoms with van der Waals surface area (Å²) in [7, 11) is 0. The highest BCUT2D eigenvalue weighted by Gasteiger charge is 2.14. The maximum Gasteiger partial charge on any atom is 0.287 e. The molecule has 1 amide bonds. The van der Waals surface area contributed by atoms with Crippen LogP contribution in [-0.2, 0) is 13.0 Å². The number of rotatable bonds is 5. The molecule has 4 nitrogen and oxygen atoms in total. The number of hydrogen-bond acceptors (Lipinski definition) is 4. The van der Waals surface area contributed by atoms with Crippen molar-refractivity contribution in [2.75, 3.05) is 0 Å². The fourth-order valence-electron chi connectivity index (χ4n) is 1.69. The van der Waals surface area contributed by atoms with Crippen molar-refractivity contribution in [3.8, 4) is 0 Å². The van der Waals surface area contributed by atoms with Gasteiger partial charge >= 0.3 is 0 Å². The van der Waals surface area contributed by atoms with Gasteiger partial charge in [0.15, 0.2) is 5.76 Å². The van der Waals surface area contributed by atoms with E-state index in [-0.39, 0.29) is 11.9 Å². The second-order valence-electron chi connectivity index (χ2n) is 4.13. The van der Waals surface area contributed by atoms with Gasteiger partial charge in [-0.1, -0.05) is 6.07 Å². The second-order valence-corrected chi connectivity index (χ2v) is 5.16. The van der Waals surface area contributed by atoms with Crippen LogP contribution in [0.1, 0.15) is 28.1 Å². The molecule has 1 unspecified atom stereocenters. The van der Waals surface area contributed by atoms with Crippen LogP contribution in [0.3, 0.4) is 0 Å². The molecular formula is C13H16N2O2S. The number of amides is 1. The highest BCUT2D eigenvalue weighted by atomic mass is 32.1. The van der Waals surface area contributed by atoms with E-state index in [9.17, 15) is 4.79 Å². The van der Waals surface area contributed by atoms with E-state index in [0.29, 0.717) is 18.1 Å². The zero-order valence-electron chi connectivity index (χ0n) is 10.2. The fraction of sp³-hybridized carbons (Fsp3) is 0.308. The van der Waals surface area contributed by atoms with Crippen LogP contribution in [0.4, 0.5) is 0 Å². The monoisotopic (exact) mass is 264 g/mol. The molecule has 0 aliphatic heterocycles. The van der Waals surface area contributed by atoms with Gasteiger partial charge in [0.2, 0.25) is 0 Å². The first-order valence-corrected chi connectivity index (χ1v) is 6.69. The molecule has 0 fully saturated rings. The molecule has 0 saturated heterocycles. The van der Waals surface area contributed by atoms with Gasteiger partial charge in [0.05, 0.1) is 6.54 Å². The number of carbonyl (C=O) groups excluding carboxylic acids is 1. The Morgan fingerprint density at radius 1 is 1.50 bits per heavy atom. The van der Waals surface area contributed by atoms with E-state index in [1.54, 1.807) is 23.5 Å². The van der Waals surface area contributed by atoms with Crippen molar-refractivity contribution >= 4 is 17.2 Å². The molecule has 0 bridgehead atoms. The van der Waals surface area contributed by atoms with Crippen molar-refractivity contribution in [1.82, 2.24) is 5.32 Å². The number of carbonyl (C=O) groups is 1. The molecule has 96 valence electrons. The molecule has 2 heterocycles. The molecule has 2 rings (SSSR count). The molecule has 2 aromatic heterocycles. The third-order valence-electron chi connectivity index (χ3n) is 2.55. The van der Waals surface area contributed by atoms with Crippen molar-refractivity contribution in [3.05, 3.63) is 46.0 Å². The summed E-state index contributed by atoms with van der Waals surface area (Å²) in [6.45, 7) is 2.28. The van der Waals surface area contributed by atoms with Crippen LogP contribution in [0, 0.1) is 0 Å². The number of nitrogens with two attached hydrogens (primary N) is 1.